The Morgan fingerprint density at radius 1 is 0.947 bits per heavy atom. The van der Waals surface area contributed by atoms with Gasteiger partial charge >= 0.3 is 0 Å². The van der Waals surface area contributed by atoms with Crippen molar-refractivity contribution in [2.24, 2.45) is 11.8 Å². The Morgan fingerprint density at radius 3 is 1.74 bits per heavy atom. The molecule has 2 nitrogen and oxygen atoms in total. The predicted molar refractivity (Wildman–Crippen MR) is 91.6 cm³/mol. The lowest BCUT2D eigenvalue weighted by Crippen LogP contribution is -2.30. The Hall–Kier alpha value is 0.264. The molecule has 110 valence electrons. The summed E-state index contributed by atoms with van der Waals surface area (Å²) in [4.78, 5) is 0. The fourth-order valence-electron chi connectivity index (χ4n) is 1.89. The minimum absolute atomic E-state index is 0.556. The maximum Gasteiger partial charge on any atom is 0.191 e. The molecule has 0 bridgehead atoms. The molecule has 0 fully saturated rings. The monoisotopic (exact) mass is 316 g/mol. The first kappa shape index (κ1) is 17.3. The minimum Gasteiger partial charge on any atom is -0.376 e. The van der Waals surface area contributed by atoms with Crippen LogP contribution in [0.2, 0.25) is 39.3 Å². The molecule has 1 rings (SSSR count). The molecule has 0 amide bonds. The second kappa shape index (κ2) is 6.81. The van der Waals surface area contributed by atoms with E-state index in [1.807, 2.05) is 0 Å². The highest BCUT2D eigenvalue weighted by Gasteiger charge is 2.30. The maximum atomic E-state index is 6.31. The number of allylic oxidation sites excluding steroid dienone is 4. The van der Waals surface area contributed by atoms with Crippen LogP contribution >= 0.6 is 8.38 Å². The summed E-state index contributed by atoms with van der Waals surface area (Å²) in [6.45, 7) is 15.8. The minimum atomic E-state index is -1.54. The molecule has 1 atom stereocenters. The van der Waals surface area contributed by atoms with Crippen LogP contribution in [0.4, 0.5) is 0 Å². The van der Waals surface area contributed by atoms with Gasteiger partial charge in [0.2, 0.25) is 0 Å². The van der Waals surface area contributed by atoms with E-state index < -0.39 is 25.0 Å². The van der Waals surface area contributed by atoms with E-state index in [0.29, 0.717) is 11.8 Å². The van der Waals surface area contributed by atoms with Crippen LogP contribution in [0, 0.1) is 11.8 Å². The van der Waals surface area contributed by atoms with Crippen molar-refractivity contribution in [1.29, 1.82) is 0 Å². The largest absolute Gasteiger partial charge is 0.376 e. The Labute approximate surface area is 122 Å². The van der Waals surface area contributed by atoms with Crippen LogP contribution in [0.3, 0.4) is 0 Å². The molecule has 0 radical (unpaired) electrons. The first-order valence-electron chi connectivity index (χ1n) is 7.08. The Morgan fingerprint density at radius 2 is 1.37 bits per heavy atom. The average molecular weight is 317 g/mol. The maximum absolute atomic E-state index is 6.31. The molecule has 1 aliphatic rings. The normalized spacial score (nSPS) is 18.5. The van der Waals surface area contributed by atoms with E-state index in [0.717, 1.165) is 6.16 Å². The molecule has 0 aromatic carbocycles. The van der Waals surface area contributed by atoms with Crippen molar-refractivity contribution in [3.8, 4) is 0 Å². The van der Waals surface area contributed by atoms with E-state index in [1.54, 1.807) is 0 Å². The summed E-state index contributed by atoms with van der Waals surface area (Å²) in [5, 5.41) is 0. The van der Waals surface area contributed by atoms with Gasteiger partial charge in [0, 0.05) is 6.16 Å². The second-order valence-corrected chi connectivity index (χ2v) is 18.2. The van der Waals surface area contributed by atoms with Gasteiger partial charge < -0.3 is 8.43 Å². The zero-order valence-corrected chi connectivity index (χ0v) is 16.3. The van der Waals surface area contributed by atoms with Crippen molar-refractivity contribution >= 4 is 25.0 Å². The first-order valence-corrected chi connectivity index (χ1v) is 15.3. The van der Waals surface area contributed by atoms with Gasteiger partial charge in [0.25, 0.3) is 0 Å². The first-order chi connectivity index (χ1) is 8.57. The van der Waals surface area contributed by atoms with E-state index in [1.165, 1.54) is 0 Å². The van der Waals surface area contributed by atoms with E-state index in [4.69, 9.17) is 8.43 Å². The standard InChI is InChI=1S/C14H29O2PSi2/c1-13(14-10-8-9-11-14)12-17(15-18(2,3)4)16-19(5,6)7/h8-11,13-14H,12H2,1-7H3. The Kier molecular flexibility index (Phi) is 6.21. The van der Waals surface area contributed by atoms with Crippen molar-refractivity contribution in [1.82, 2.24) is 0 Å². The molecule has 19 heavy (non-hydrogen) atoms. The van der Waals surface area contributed by atoms with Crippen molar-refractivity contribution in [3.63, 3.8) is 0 Å². The molecular formula is C14H29O2PSi2. The van der Waals surface area contributed by atoms with Gasteiger partial charge in [-0.25, -0.2) is 0 Å². The number of hydrogen-bond acceptors (Lipinski definition) is 2. The van der Waals surface area contributed by atoms with Gasteiger partial charge in [0.1, 0.15) is 8.38 Å². The summed E-state index contributed by atoms with van der Waals surface area (Å²) in [5.74, 6) is 1.15. The molecule has 1 aliphatic carbocycles. The highest BCUT2D eigenvalue weighted by Crippen LogP contribution is 2.47. The van der Waals surface area contributed by atoms with Gasteiger partial charge in [-0.3, -0.25) is 0 Å². The third kappa shape index (κ3) is 7.57. The Bertz CT molecular complexity index is 314. The van der Waals surface area contributed by atoms with Crippen LogP contribution in [-0.2, 0) is 8.43 Å². The molecule has 0 N–H and O–H groups in total. The summed E-state index contributed by atoms with van der Waals surface area (Å²) in [6.07, 6.45) is 9.88. The zero-order valence-electron chi connectivity index (χ0n) is 13.4. The summed E-state index contributed by atoms with van der Waals surface area (Å²) in [7, 11) is -3.81. The van der Waals surface area contributed by atoms with Crippen LogP contribution in [0.5, 0.6) is 0 Å². The third-order valence-electron chi connectivity index (χ3n) is 2.62. The lowest BCUT2D eigenvalue weighted by atomic mass is 9.98. The SMILES string of the molecule is CC(CP(O[Si](C)(C)C)O[Si](C)(C)C)C1C=CC=C1. The smallest absolute Gasteiger partial charge is 0.191 e. The second-order valence-electron chi connectivity index (χ2n) is 7.25. The van der Waals surface area contributed by atoms with Crippen LogP contribution in [0.1, 0.15) is 6.92 Å². The molecule has 0 aromatic heterocycles. The summed E-state index contributed by atoms with van der Waals surface area (Å²) in [5.41, 5.74) is 0. The highest BCUT2D eigenvalue weighted by molar-refractivity contribution is 7.50. The molecular weight excluding hydrogens is 287 g/mol. The number of rotatable bonds is 7. The molecule has 0 saturated carbocycles. The summed E-state index contributed by atoms with van der Waals surface area (Å²) >= 11 is 0. The third-order valence-corrected chi connectivity index (χ3v) is 9.51. The van der Waals surface area contributed by atoms with Gasteiger partial charge in [0.05, 0.1) is 0 Å². The summed E-state index contributed by atoms with van der Waals surface area (Å²) < 4.78 is 12.6. The average Bonchev–Trinajstić information content (AvgIpc) is 2.63. The topological polar surface area (TPSA) is 18.5 Å². The van der Waals surface area contributed by atoms with Crippen LogP contribution < -0.4 is 0 Å². The van der Waals surface area contributed by atoms with Gasteiger partial charge in [-0.1, -0.05) is 31.2 Å². The van der Waals surface area contributed by atoms with Crippen molar-refractivity contribution in [3.05, 3.63) is 24.3 Å². The van der Waals surface area contributed by atoms with Crippen LogP contribution in [-0.4, -0.2) is 22.8 Å². The predicted octanol–water partition coefficient (Wildman–Crippen LogP) is 5.38. The van der Waals surface area contributed by atoms with Crippen molar-refractivity contribution in [2.45, 2.75) is 46.2 Å². The lowest BCUT2D eigenvalue weighted by Gasteiger charge is -2.32. The molecule has 0 aromatic rings. The van der Waals surface area contributed by atoms with Gasteiger partial charge in [-0.15, -0.1) is 0 Å². The fraction of sp³-hybridized carbons (Fsp3) is 0.714. The van der Waals surface area contributed by atoms with Crippen LogP contribution in [0.25, 0.3) is 0 Å². The Balaban J connectivity index is 2.62. The van der Waals surface area contributed by atoms with E-state index >= 15 is 0 Å². The quantitative estimate of drug-likeness (QED) is 0.464. The molecule has 0 spiro atoms. The number of hydrogen-bond donors (Lipinski definition) is 0. The van der Waals surface area contributed by atoms with Gasteiger partial charge in [-0.05, 0) is 51.1 Å². The molecule has 0 aliphatic heterocycles. The van der Waals surface area contributed by atoms with Crippen LogP contribution in [0.15, 0.2) is 24.3 Å². The fourth-order valence-corrected chi connectivity index (χ4v) is 8.57. The van der Waals surface area contributed by atoms with E-state index in [2.05, 4.69) is 70.5 Å². The molecule has 1 unspecified atom stereocenters. The lowest BCUT2D eigenvalue weighted by molar-refractivity contribution is 0.460. The molecule has 0 heterocycles. The van der Waals surface area contributed by atoms with Gasteiger partial charge in [0.15, 0.2) is 16.6 Å². The molecule has 5 heteroatoms. The molecule has 0 saturated heterocycles. The highest BCUT2D eigenvalue weighted by atomic mass is 31.2. The van der Waals surface area contributed by atoms with E-state index in [-0.39, 0.29) is 0 Å². The summed E-state index contributed by atoms with van der Waals surface area (Å²) in [6, 6.07) is 0. The van der Waals surface area contributed by atoms with Gasteiger partial charge in [-0.2, -0.15) is 0 Å². The van der Waals surface area contributed by atoms with Crippen molar-refractivity contribution in [2.75, 3.05) is 6.16 Å². The zero-order chi connectivity index (χ0) is 14.7. The van der Waals surface area contributed by atoms with E-state index in [9.17, 15) is 0 Å². The van der Waals surface area contributed by atoms with Crippen molar-refractivity contribution < 1.29 is 8.43 Å².